The van der Waals surface area contributed by atoms with E-state index in [0.717, 1.165) is 46.7 Å². The van der Waals surface area contributed by atoms with Crippen molar-refractivity contribution in [3.63, 3.8) is 0 Å². The summed E-state index contributed by atoms with van der Waals surface area (Å²) in [4.78, 5) is 26.4. The van der Waals surface area contributed by atoms with Crippen LogP contribution in [0, 0.1) is 0 Å². The highest BCUT2D eigenvalue weighted by atomic mass is 35.5. The number of halogens is 1. The molecule has 1 aliphatic rings. The van der Waals surface area contributed by atoms with Crippen molar-refractivity contribution in [2.24, 2.45) is 0 Å². The fraction of sp³-hybridized carbons (Fsp3) is 0.286. The van der Waals surface area contributed by atoms with Gasteiger partial charge in [-0.25, -0.2) is 14.6 Å². The lowest BCUT2D eigenvalue weighted by atomic mass is 10.1. The molecular formula is C21H23ClN2O4S. The number of hydrogen-bond acceptors (Lipinski definition) is 5. The Bertz CT molecular complexity index is 877. The van der Waals surface area contributed by atoms with Crippen molar-refractivity contribution in [3.8, 4) is 10.6 Å². The molecule has 8 heteroatoms. The van der Waals surface area contributed by atoms with Crippen LogP contribution in [0.2, 0.25) is 4.34 Å². The van der Waals surface area contributed by atoms with E-state index in [1.165, 1.54) is 12.0 Å². The summed E-state index contributed by atoms with van der Waals surface area (Å²) in [5, 5.41) is 16.6. The molecule has 1 aromatic heterocycles. The zero-order valence-corrected chi connectivity index (χ0v) is 17.6. The number of thiazole rings is 1. The predicted molar refractivity (Wildman–Crippen MR) is 116 cm³/mol. The van der Waals surface area contributed by atoms with Gasteiger partial charge in [-0.2, -0.15) is 0 Å². The van der Waals surface area contributed by atoms with Gasteiger partial charge in [-0.05, 0) is 25.0 Å². The molecule has 0 saturated carbocycles. The molecule has 0 spiro atoms. The van der Waals surface area contributed by atoms with Crippen molar-refractivity contribution < 1.29 is 19.8 Å². The summed E-state index contributed by atoms with van der Waals surface area (Å²) in [6.45, 7) is 5.47. The van der Waals surface area contributed by atoms with Gasteiger partial charge in [-0.1, -0.05) is 54.9 Å². The van der Waals surface area contributed by atoms with Gasteiger partial charge in [0.05, 0.1) is 5.69 Å². The van der Waals surface area contributed by atoms with Crippen LogP contribution in [0.3, 0.4) is 0 Å². The summed E-state index contributed by atoms with van der Waals surface area (Å²) in [5.74, 6) is -2.51. The average Bonchev–Trinajstić information content (AvgIpc) is 3.10. The lowest BCUT2D eigenvalue weighted by Gasteiger charge is -2.26. The minimum Gasteiger partial charge on any atom is -0.478 e. The van der Waals surface area contributed by atoms with Gasteiger partial charge in [0.1, 0.15) is 9.34 Å². The molecule has 2 aromatic rings. The molecule has 29 heavy (non-hydrogen) atoms. The Morgan fingerprint density at radius 1 is 1.21 bits per heavy atom. The summed E-state index contributed by atoms with van der Waals surface area (Å²) in [7, 11) is 0. The molecule has 0 bridgehead atoms. The molecule has 0 radical (unpaired) electrons. The van der Waals surface area contributed by atoms with Crippen molar-refractivity contribution in [1.29, 1.82) is 0 Å². The fourth-order valence-corrected chi connectivity index (χ4v) is 4.05. The minimum absolute atomic E-state index is 0.558. The van der Waals surface area contributed by atoms with Gasteiger partial charge in [0.15, 0.2) is 0 Å². The molecule has 0 aliphatic carbocycles. The quantitative estimate of drug-likeness (QED) is 0.642. The molecule has 0 unspecified atom stereocenters. The van der Waals surface area contributed by atoms with Crippen LogP contribution in [0.15, 0.2) is 48.6 Å². The second-order valence-electron chi connectivity index (χ2n) is 6.31. The van der Waals surface area contributed by atoms with E-state index in [1.807, 2.05) is 18.2 Å². The van der Waals surface area contributed by atoms with Crippen LogP contribution in [-0.4, -0.2) is 51.7 Å². The molecule has 0 fully saturated rings. The molecular weight excluding hydrogens is 412 g/mol. The predicted octanol–water partition coefficient (Wildman–Crippen LogP) is 4.67. The lowest BCUT2D eigenvalue weighted by Crippen LogP contribution is -2.30. The van der Waals surface area contributed by atoms with Crippen LogP contribution in [0.1, 0.15) is 25.5 Å². The third-order valence-corrected chi connectivity index (χ3v) is 5.35. The lowest BCUT2D eigenvalue weighted by molar-refractivity contribution is -0.134. The Morgan fingerprint density at radius 2 is 1.86 bits per heavy atom. The molecule has 2 heterocycles. The number of aliphatic carboxylic acids is 2. The first-order valence-electron chi connectivity index (χ1n) is 9.18. The van der Waals surface area contributed by atoms with Crippen LogP contribution >= 0.6 is 22.9 Å². The third kappa shape index (κ3) is 7.45. The number of carboxylic acids is 2. The summed E-state index contributed by atoms with van der Waals surface area (Å²) in [6.07, 6.45) is 5.68. The zero-order chi connectivity index (χ0) is 21.2. The summed E-state index contributed by atoms with van der Waals surface area (Å²) in [6, 6.07) is 10.3. The first-order chi connectivity index (χ1) is 13.9. The smallest absolute Gasteiger partial charge is 0.328 e. The highest BCUT2D eigenvalue weighted by Gasteiger charge is 2.19. The Kier molecular flexibility index (Phi) is 9.05. The van der Waals surface area contributed by atoms with Crippen molar-refractivity contribution in [2.75, 3.05) is 19.6 Å². The molecule has 0 atom stereocenters. The van der Waals surface area contributed by atoms with E-state index < -0.39 is 11.9 Å². The molecule has 1 aromatic carbocycles. The van der Waals surface area contributed by atoms with Gasteiger partial charge in [0, 0.05) is 30.8 Å². The van der Waals surface area contributed by atoms with Gasteiger partial charge in [-0.3, -0.25) is 4.90 Å². The minimum atomic E-state index is -1.26. The second kappa shape index (κ2) is 11.5. The van der Waals surface area contributed by atoms with Crippen molar-refractivity contribution >= 4 is 40.4 Å². The van der Waals surface area contributed by atoms with Crippen LogP contribution < -0.4 is 0 Å². The van der Waals surface area contributed by atoms with Gasteiger partial charge in [-0.15, -0.1) is 11.3 Å². The van der Waals surface area contributed by atoms with Crippen molar-refractivity contribution in [1.82, 2.24) is 9.88 Å². The van der Waals surface area contributed by atoms with E-state index in [0.29, 0.717) is 12.2 Å². The van der Waals surface area contributed by atoms with E-state index in [4.69, 9.17) is 26.8 Å². The number of rotatable bonds is 6. The maximum Gasteiger partial charge on any atom is 0.328 e. The first-order valence-corrected chi connectivity index (χ1v) is 10.4. The van der Waals surface area contributed by atoms with Crippen LogP contribution in [-0.2, 0) is 9.59 Å². The van der Waals surface area contributed by atoms with E-state index in [9.17, 15) is 9.59 Å². The molecule has 0 saturated heterocycles. The maximum absolute atomic E-state index is 9.55. The maximum atomic E-state index is 9.55. The number of aromatic nitrogens is 1. The number of nitrogens with zero attached hydrogens (tertiary/aromatic N) is 2. The first kappa shape index (κ1) is 22.8. The molecule has 6 nitrogen and oxygen atoms in total. The Labute approximate surface area is 178 Å². The van der Waals surface area contributed by atoms with Crippen LogP contribution in [0.4, 0.5) is 0 Å². The Morgan fingerprint density at radius 3 is 2.45 bits per heavy atom. The number of hydrogen-bond donors (Lipinski definition) is 2. The molecule has 0 amide bonds. The van der Waals surface area contributed by atoms with Crippen LogP contribution in [0.25, 0.3) is 16.1 Å². The fourth-order valence-electron chi connectivity index (χ4n) is 2.83. The van der Waals surface area contributed by atoms with E-state index in [2.05, 4.69) is 30.0 Å². The average molecular weight is 435 g/mol. The Balaban J connectivity index is 0.000000321. The van der Waals surface area contributed by atoms with Crippen molar-refractivity contribution in [2.45, 2.75) is 19.8 Å². The van der Waals surface area contributed by atoms with Crippen molar-refractivity contribution in [3.05, 3.63) is 58.6 Å². The molecule has 154 valence electrons. The highest BCUT2D eigenvalue weighted by Crippen LogP contribution is 2.36. The topological polar surface area (TPSA) is 90.7 Å². The standard InChI is InChI=1S/C17H19ClN2S.C4H4O4/c1-2-10-20-11-6-9-14(12-20)15-16(18)21-17(19-15)13-7-4-3-5-8-13;5-3(6)1-2-4(7)8/h3-5,7-9H,2,6,10-12H2,1H3;1-2H,(H,5,6)(H,7,8)/b;2-1-. The second-order valence-corrected chi connectivity index (χ2v) is 7.91. The number of carboxylic acid groups (broad SMARTS) is 2. The highest BCUT2D eigenvalue weighted by molar-refractivity contribution is 7.19. The Hall–Kier alpha value is -2.48. The molecule has 3 rings (SSSR count). The number of benzene rings is 1. The normalized spacial score (nSPS) is 14.2. The van der Waals surface area contributed by atoms with E-state index in [1.54, 1.807) is 11.3 Å². The summed E-state index contributed by atoms with van der Waals surface area (Å²) >= 11 is 8.02. The third-order valence-electron chi connectivity index (χ3n) is 4.05. The molecule has 1 aliphatic heterocycles. The molecule has 2 N–H and O–H groups in total. The van der Waals surface area contributed by atoms with Gasteiger partial charge < -0.3 is 10.2 Å². The summed E-state index contributed by atoms with van der Waals surface area (Å²) in [5.41, 5.74) is 3.39. The van der Waals surface area contributed by atoms with E-state index in [-0.39, 0.29) is 0 Å². The van der Waals surface area contributed by atoms with Gasteiger partial charge >= 0.3 is 11.9 Å². The van der Waals surface area contributed by atoms with Gasteiger partial charge in [0.2, 0.25) is 0 Å². The van der Waals surface area contributed by atoms with Crippen LogP contribution in [0.5, 0.6) is 0 Å². The monoisotopic (exact) mass is 434 g/mol. The number of carbonyl (C=O) groups is 2. The van der Waals surface area contributed by atoms with Gasteiger partial charge in [0.25, 0.3) is 0 Å². The largest absolute Gasteiger partial charge is 0.478 e. The van der Waals surface area contributed by atoms with E-state index >= 15 is 0 Å². The SMILES string of the molecule is CCCN1CCC=C(c2nc(-c3ccccc3)sc2Cl)C1.O=C(O)/C=C\C(=O)O. The summed E-state index contributed by atoms with van der Waals surface area (Å²) < 4.78 is 0.804. The zero-order valence-electron chi connectivity index (χ0n) is 16.0.